The fourth-order valence-electron chi connectivity index (χ4n) is 2.37. The Bertz CT molecular complexity index is 480. The zero-order valence-electron chi connectivity index (χ0n) is 15.3. The van der Waals surface area contributed by atoms with Gasteiger partial charge in [0.2, 0.25) is 0 Å². The molecule has 1 aliphatic rings. The lowest BCUT2D eigenvalue weighted by Crippen LogP contribution is -2.29. The van der Waals surface area contributed by atoms with Crippen molar-refractivity contribution in [2.24, 2.45) is 0 Å². The van der Waals surface area contributed by atoms with Gasteiger partial charge in [-0.1, -0.05) is 46.8 Å². The van der Waals surface area contributed by atoms with Gasteiger partial charge in [0.05, 0.1) is 19.3 Å². The predicted octanol–water partition coefficient (Wildman–Crippen LogP) is 4.03. The summed E-state index contributed by atoms with van der Waals surface area (Å²) < 4.78 is 6.09. The Kier molecular flexibility index (Phi) is 14.0. The Labute approximate surface area is 165 Å². The summed E-state index contributed by atoms with van der Waals surface area (Å²) in [6, 6.07) is 0.418. The minimum absolute atomic E-state index is 0.230. The van der Waals surface area contributed by atoms with Crippen LogP contribution < -0.4 is 5.32 Å². The van der Waals surface area contributed by atoms with Gasteiger partial charge in [0.15, 0.2) is 0 Å². The van der Waals surface area contributed by atoms with Crippen molar-refractivity contribution in [2.45, 2.75) is 31.3 Å². The van der Waals surface area contributed by atoms with E-state index in [0.717, 1.165) is 18.5 Å². The van der Waals surface area contributed by atoms with Crippen molar-refractivity contribution < 1.29 is 9.53 Å². The van der Waals surface area contributed by atoms with Crippen LogP contribution in [0.2, 0.25) is 0 Å². The number of ether oxygens (including phenoxy) is 1. The summed E-state index contributed by atoms with van der Waals surface area (Å²) in [6.07, 6.45) is 7.48. The Morgan fingerprint density at radius 2 is 2.20 bits per heavy atom. The number of allylic oxidation sites excluding steroid dienone is 3. The Morgan fingerprint density at radius 1 is 1.52 bits per heavy atom. The fourth-order valence-corrected chi connectivity index (χ4v) is 2.78. The molecule has 6 heteroatoms. The first-order valence-corrected chi connectivity index (χ1v) is 9.43. The van der Waals surface area contributed by atoms with Crippen molar-refractivity contribution in [1.29, 1.82) is 0 Å². The van der Waals surface area contributed by atoms with Crippen LogP contribution in [0.1, 0.15) is 19.3 Å². The van der Waals surface area contributed by atoms with Crippen LogP contribution in [0, 0.1) is 0 Å². The minimum Gasteiger partial charge on any atom is -0.376 e. The van der Waals surface area contributed by atoms with Gasteiger partial charge in [-0.3, -0.25) is 0 Å². The van der Waals surface area contributed by atoms with Gasteiger partial charge in [-0.05, 0) is 51.6 Å². The largest absolute Gasteiger partial charge is 0.376 e. The highest BCUT2D eigenvalue weighted by atomic mass is 79.9. The molecule has 0 aliphatic carbocycles. The molecule has 1 heterocycles. The fraction of sp³-hybridized carbons (Fsp3) is 0.526. The number of likely N-dealkylation sites (tertiary alicyclic amines) is 1. The van der Waals surface area contributed by atoms with Crippen LogP contribution in [0.15, 0.2) is 47.0 Å². The number of nitrogens with zero attached hydrogens (tertiary/aromatic N) is 1. The molecule has 0 aromatic heterocycles. The van der Waals surface area contributed by atoms with Gasteiger partial charge >= 0.3 is 0 Å². The third-order valence-electron chi connectivity index (χ3n) is 3.87. The lowest BCUT2D eigenvalue weighted by Gasteiger charge is -2.18. The molecule has 0 spiro atoms. The molecule has 142 valence electrons. The second-order valence-corrected chi connectivity index (χ2v) is 7.30. The third-order valence-corrected chi connectivity index (χ3v) is 4.49. The van der Waals surface area contributed by atoms with Crippen LogP contribution in [0.25, 0.3) is 0 Å². The number of halogens is 2. The molecule has 1 aliphatic heterocycles. The summed E-state index contributed by atoms with van der Waals surface area (Å²) in [5.74, 6) is 0. The smallest absolute Gasteiger partial charge is 0.137 e. The van der Waals surface area contributed by atoms with Gasteiger partial charge in [-0.15, -0.1) is 6.58 Å². The second kappa shape index (κ2) is 14.4. The molecule has 0 aromatic carbocycles. The molecular weight excluding hydrogens is 404 g/mol. The van der Waals surface area contributed by atoms with Crippen LogP contribution in [-0.2, 0) is 9.53 Å². The van der Waals surface area contributed by atoms with Crippen LogP contribution in [0.3, 0.4) is 0 Å². The SMILES string of the molecule is C=C(Cl)/C=C(/C[C@@H](C=O)NC)C(=C)Br.C=CCOCC1CCCN1C. The maximum atomic E-state index is 10.6. The zero-order valence-corrected chi connectivity index (χ0v) is 17.6. The molecular formula is C19H30BrClN2O2. The van der Waals surface area contributed by atoms with Crippen LogP contribution >= 0.6 is 27.5 Å². The van der Waals surface area contributed by atoms with E-state index in [4.69, 9.17) is 16.3 Å². The van der Waals surface area contributed by atoms with Gasteiger partial charge in [-0.2, -0.15) is 0 Å². The van der Waals surface area contributed by atoms with Crippen molar-refractivity contribution >= 4 is 33.8 Å². The van der Waals surface area contributed by atoms with Gasteiger partial charge in [-0.25, -0.2) is 0 Å². The predicted molar refractivity (Wildman–Crippen MR) is 111 cm³/mol. The summed E-state index contributed by atoms with van der Waals surface area (Å²) in [4.78, 5) is 13.0. The molecule has 1 rings (SSSR count). The first-order chi connectivity index (χ1) is 11.8. The molecule has 0 amide bonds. The van der Waals surface area contributed by atoms with Crippen LogP contribution in [0.4, 0.5) is 0 Å². The van der Waals surface area contributed by atoms with Gasteiger partial charge in [0.1, 0.15) is 6.29 Å². The topological polar surface area (TPSA) is 41.6 Å². The van der Waals surface area contributed by atoms with Crippen molar-refractivity contribution in [3.8, 4) is 0 Å². The number of nitrogens with one attached hydrogen (secondary N) is 1. The summed E-state index contributed by atoms with van der Waals surface area (Å²) in [7, 11) is 3.89. The van der Waals surface area contributed by atoms with E-state index in [1.165, 1.54) is 19.4 Å². The number of hydrogen-bond donors (Lipinski definition) is 1. The van der Waals surface area contributed by atoms with E-state index in [9.17, 15) is 4.79 Å². The van der Waals surface area contributed by atoms with Crippen molar-refractivity contribution in [2.75, 3.05) is 33.9 Å². The lowest BCUT2D eigenvalue weighted by molar-refractivity contribution is -0.109. The van der Waals surface area contributed by atoms with Gasteiger partial charge in [0, 0.05) is 15.6 Å². The number of carbonyl (C=O) groups is 1. The highest BCUT2D eigenvalue weighted by molar-refractivity contribution is 9.11. The van der Waals surface area contributed by atoms with E-state index in [1.807, 2.05) is 0 Å². The number of aldehydes is 1. The standard InChI is InChI=1S/C10H13BrClNO.C9H17NO/c1-7(12)4-9(8(2)11)5-10(6-14)13-3;1-3-7-11-8-9-5-4-6-10(9)2/h4,6,10,13H,1-2,5H2,3H3;3,9H,1,4-8H2,2H3/b9-4-;/t10-;/m0./s1. The van der Waals surface area contributed by atoms with Crippen molar-refractivity contribution in [3.05, 3.63) is 47.0 Å². The molecule has 1 saturated heterocycles. The molecule has 1 N–H and O–H groups in total. The first kappa shape index (κ1) is 24.3. The maximum absolute atomic E-state index is 10.6. The molecule has 25 heavy (non-hydrogen) atoms. The monoisotopic (exact) mass is 432 g/mol. The lowest BCUT2D eigenvalue weighted by atomic mass is 10.1. The summed E-state index contributed by atoms with van der Waals surface area (Å²) in [5.41, 5.74) is 0.858. The van der Waals surface area contributed by atoms with E-state index < -0.39 is 0 Å². The molecule has 1 unspecified atom stereocenters. The Hall–Kier alpha value is -0.720. The highest BCUT2D eigenvalue weighted by Gasteiger charge is 2.20. The van der Waals surface area contributed by atoms with Crippen LogP contribution in [-0.4, -0.2) is 57.1 Å². The number of hydrogen-bond acceptors (Lipinski definition) is 4. The normalized spacial score (nSPS) is 18.9. The number of likely N-dealkylation sites (N-methyl/N-ethyl adjacent to an activating group) is 2. The summed E-state index contributed by atoms with van der Waals surface area (Å²) in [6.45, 7) is 13.7. The molecule has 1 fully saturated rings. The third kappa shape index (κ3) is 11.5. The average molecular weight is 434 g/mol. The second-order valence-electron chi connectivity index (χ2n) is 5.86. The molecule has 0 saturated carbocycles. The first-order valence-electron chi connectivity index (χ1n) is 8.26. The number of carbonyl (C=O) groups excluding carboxylic acids is 1. The van der Waals surface area contributed by atoms with E-state index in [0.29, 0.717) is 28.6 Å². The van der Waals surface area contributed by atoms with E-state index in [-0.39, 0.29) is 6.04 Å². The molecule has 0 bridgehead atoms. The van der Waals surface area contributed by atoms with E-state index in [1.54, 1.807) is 19.2 Å². The molecule has 0 aromatic rings. The zero-order chi connectivity index (χ0) is 19.2. The van der Waals surface area contributed by atoms with E-state index in [2.05, 4.69) is 52.9 Å². The van der Waals surface area contributed by atoms with E-state index >= 15 is 0 Å². The van der Waals surface area contributed by atoms with Crippen molar-refractivity contribution in [1.82, 2.24) is 10.2 Å². The molecule has 2 atom stereocenters. The average Bonchev–Trinajstić information content (AvgIpc) is 2.97. The Morgan fingerprint density at radius 3 is 2.60 bits per heavy atom. The summed E-state index contributed by atoms with van der Waals surface area (Å²) in [5, 5.41) is 3.28. The van der Waals surface area contributed by atoms with Crippen LogP contribution in [0.5, 0.6) is 0 Å². The summed E-state index contributed by atoms with van der Waals surface area (Å²) >= 11 is 8.89. The maximum Gasteiger partial charge on any atom is 0.137 e. The van der Waals surface area contributed by atoms with Gasteiger partial charge in [0.25, 0.3) is 0 Å². The quantitative estimate of drug-likeness (QED) is 0.244. The molecule has 4 nitrogen and oxygen atoms in total. The van der Waals surface area contributed by atoms with Crippen molar-refractivity contribution in [3.63, 3.8) is 0 Å². The number of rotatable bonds is 10. The minimum atomic E-state index is -0.230. The highest BCUT2D eigenvalue weighted by Crippen LogP contribution is 2.22. The van der Waals surface area contributed by atoms with Gasteiger partial charge < -0.3 is 19.7 Å². The molecule has 0 radical (unpaired) electrons. The Balaban J connectivity index is 0.000000472.